The lowest BCUT2D eigenvalue weighted by Crippen LogP contribution is -1.79. The van der Waals surface area contributed by atoms with Crippen LogP contribution >= 0.6 is 0 Å². The van der Waals surface area contributed by atoms with Gasteiger partial charge in [-0.25, -0.2) is 0 Å². The summed E-state index contributed by atoms with van der Waals surface area (Å²) in [5.41, 5.74) is 0. The van der Waals surface area contributed by atoms with Gasteiger partial charge < -0.3 is 21.5 Å². The van der Waals surface area contributed by atoms with Crippen LogP contribution in [0.3, 0.4) is 0 Å². The minimum atomic E-state index is -1.75. The average molecular weight is 141 g/mol. The van der Waals surface area contributed by atoms with Crippen LogP contribution in [0.1, 0.15) is 0 Å². The molecule has 8 nitrogen and oxygen atoms in total. The van der Waals surface area contributed by atoms with Crippen LogP contribution in [-0.2, 0) is 0 Å². The lowest BCUT2D eigenvalue weighted by Gasteiger charge is -1.74. The summed E-state index contributed by atoms with van der Waals surface area (Å²) in [6, 6.07) is 0. The van der Waals surface area contributed by atoms with E-state index in [1.54, 1.807) is 0 Å². The van der Waals surface area contributed by atoms with Crippen molar-refractivity contribution >= 4 is 0 Å². The molecule has 0 aliphatic rings. The molecule has 0 heterocycles. The molecule has 0 aliphatic heterocycles. The van der Waals surface area contributed by atoms with Gasteiger partial charge in [0.15, 0.2) is 7.05 Å². The van der Waals surface area contributed by atoms with Gasteiger partial charge >= 0.3 is 0 Å². The number of hydrogen-bond acceptors (Lipinski definition) is 5. The molecule has 0 unspecified atom stereocenters. The fraction of sp³-hybridized carbons (Fsp3) is 1.00. The maximum atomic E-state index is 8.81. The van der Waals surface area contributed by atoms with Crippen molar-refractivity contribution in [1.29, 1.82) is 0 Å². The normalized spacial score (nSPS) is 5.44. The van der Waals surface area contributed by atoms with Crippen molar-refractivity contribution in [3.05, 3.63) is 25.4 Å². The molecule has 0 aromatic carbocycles. The quantitative estimate of drug-likeness (QED) is 0.373. The van der Waals surface area contributed by atoms with Crippen LogP contribution in [0, 0.1) is 25.4 Å². The Kier molecular flexibility index (Phi) is 17.0. The van der Waals surface area contributed by atoms with E-state index in [1.807, 2.05) is 0 Å². The molecule has 8 heteroatoms. The van der Waals surface area contributed by atoms with Gasteiger partial charge in [-0.05, 0) is 0 Å². The second-order valence-electron chi connectivity index (χ2n) is 0.663. The predicted molar refractivity (Wildman–Crippen MR) is 29.3 cm³/mol. The third-order valence-corrected chi connectivity index (χ3v) is 0. The van der Waals surface area contributed by atoms with E-state index in [2.05, 4.69) is 0 Å². The lowest BCUT2D eigenvalue weighted by atomic mass is 11.5. The van der Waals surface area contributed by atoms with Crippen molar-refractivity contribution in [2.24, 2.45) is 0 Å². The largest absolute Gasteiger partial charge is 0.369 e. The van der Waals surface area contributed by atoms with Crippen LogP contribution in [0.25, 0.3) is 0 Å². The molecule has 0 aliphatic carbocycles. The molecule has 9 heavy (non-hydrogen) atoms. The van der Waals surface area contributed by atoms with Crippen LogP contribution in [0.15, 0.2) is 0 Å². The molecule has 56 valence electrons. The first-order valence-electron chi connectivity index (χ1n) is 1.36. The van der Waals surface area contributed by atoms with E-state index in [1.165, 1.54) is 0 Å². The number of nitrogens with zero attached hydrogens (tertiary/aromatic N) is 2. The molecule has 0 fully saturated rings. The van der Waals surface area contributed by atoms with Gasteiger partial charge in [-0.1, -0.05) is 0 Å². The molecule has 0 rings (SSSR count). The van der Waals surface area contributed by atoms with E-state index in [0.717, 1.165) is 7.05 Å². The van der Waals surface area contributed by atoms with Crippen LogP contribution in [0.4, 0.5) is 0 Å². The molecule has 0 saturated carbocycles. The van der Waals surface area contributed by atoms with Crippen LogP contribution in [-0.4, -0.2) is 17.1 Å². The zero-order valence-corrected chi connectivity index (χ0v) is 4.94. The summed E-state index contributed by atoms with van der Waals surface area (Å²) >= 11 is 0. The second kappa shape index (κ2) is 9.75. The zero-order chi connectivity index (χ0) is 7.15. The second-order valence-corrected chi connectivity index (χ2v) is 0.663. The number of hydrogen-bond donors (Lipinski definition) is 1. The van der Waals surface area contributed by atoms with Gasteiger partial charge in [0.25, 0.3) is 0 Å². The molecule has 0 atom stereocenters. The van der Waals surface area contributed by atoms with Crippen molar-refractivity contribution in [2.75, 3.05) is 7.05 Å². The highest BCUT2D eigenvalue weighted by molar-refractivity contribution is 4.03. The molecule has 0 radical (unpaired) electrons. The van der Waals surface area contributed by atoms with Crippen LogP contribution in [0.2, 0.25) is 0 Å². The van der Waals surface area contributed by atoms with Gasteiger partial charge in [-0.2, -0.15) is 0 Å². The molecule has 0 aromatic rings. The third-order valence-electron chi connectivity index (χ3n) is 0. The summed E-state index contributed by atoms with van der Waals surface area (Å²) < 4.78 is 0. The zero-order valence-electron chi connectivity index (χ0n) is 4.94. The first-order valence-corrected chi connectivity index (χ1v) is 1.36. The standard InChI is InChI=1S/CH3NO2.NO3.H3N/c1-2(3)4;2-1(3)4;/h1H3;;1H3/q;-1;/p+1. The first kappa shape index (κ1) is 15.6. The van der Waals surface area contributed by atoms with Gasteiger partial charge in [0.05, 0.1) is 5.09 Å². The van der Waals surface area contributed by atoms with Gasteiger partial charge in [-0.15, -0.1) is 0 Å². The smallest absolute Gasteiger partial charge is 0.194 e. The summed E-state index contributed by atoms with van der Waals surface area (Å²) in [5.74, 6) is 0. The van der Waals surface area contributed by atoms with Gasteiger partial charge in [-0.3, -0.25) is 10.1 Å². The van der Waals surface area contributed by atoms with Crippen LogP contribution < -0.4 is 6.15 Å². The van der Waals surface area contributed by atoms with E-state index in [4.69, 9.17) is 25.4 Å². The van der Waals surface area contributed by atoms with Crippen molar-refractivity contribution in [3.63, 3.8) is 0 Å². The van der Waals surface area contributed by atoms with Gasteiger partial charge in [0.1, 0.15) is 0 Å². The Hall–Kier alpha value is -1.44. The molecule has 0 spiro atoms. The summed E-state index contributed by atoms with van der Waals surface area (Å²) in [6.45, 7) is 0. The first-order chi connectivity index (χ1) is 3.46. The number of nitro groups is 1. The summed E-state index contributed by atoms with van der Waals surface area (Å²) in [4.78, 5) is 16.6. The summed E-state index contributed by atoms with van der Waals surface area (Å²) in [6.07, 6.45) is 0. The monoisotopic (exact) mass is 141 g/mol. The average Bonchev–Trinajstić information content (AvgIpc) is 1.25. The number of quaternary nitrogens is 1. The Morgan fingerprint density at radius 3 is 1.11 bits per heavy atom. The molecule has 0 saturated heterocycles. The van der Waals surface area contributed by atoms with E-state index >= 15 is 0 Å². The highest BCUT2D eigenvalue weighted by Crippen LogP contribution is 1.44. The Morgan fingerprint density at radius 1 is 1.11 bits per heavy atom. The highest BCUT2D eigenvalue weighted by atomic mass is 16.9. The molecule has 0 bridgehead atoms. The fourth-order valence-electron chi connectivity index (χ4n) is 0. The maximum Gasteiger partial charge on any atom is 0.194 e. The van der Waals surface area contributed by atoms with Gasteiger partial charge in [0.2, 0.25) is 0 Å². The minimum Gasteiger partial charge on any atom is -0.369 e. The summed E-state index contributed by atoms with van der Waals surface area (Å²) in [7, 11) is 0.889. The Labute approximate surface area is 49.9 Å². The fourth-order valence-corrected chi connectivity index (χ4v) is 0. The van der Waals surface area contributed by atoms with Crippen molar-refractivity contribution < 1.29 is 10.0 Å². The van der Waals surface area contributed by atoms with Crippen molar-refractivity contribution in [1.82, 2.24) is 6.15 Å². The summed E-state index contributed by atoms with van der Waals surface area (Å²) in [5, 5.41) is 23.6. The molecular weight excluding hydrogens is 134 g/mol. The lowest BCUT2D eigenvalue weighted by molar-refractivity contribution is -0.445. The topological polar surface area (TPSA) is 146 Å². The van der Waals surface area contributed by atoms with E-state index in [-0.39, 0.29) is 6.15 Å². The van der Waals surface area contributed by atoms with E-state index in [0.29, 0.717) is 0 Å². The van der Waals surface area contributed by atoms with Crippen molar-refractivity contribution in [2.45, 2.75) is 0 Å². The Morgan fingerprint density at radius 2 is 1.11 bits per heavy atom. The van der Waals surface area contributed by atoms with E-state index < -0.39 is 10.0 Å². The van der Waals surface area contributed by atoms with Gasteiger partial charge in [0, 0.05) is 4.92 Å². The van der Waals surface area contributed by atoms with Crippen LogP contribution in [0.5, 0.6) is 0 Å². The van der Waals surface area contributed by atoms with Crippen molar-refractivity contribution in [3.8, 4) is 0 Å². The molecule has 0 amide bonds. The molecule has 0 aromatic heterocycles. The minimum absolute atomic E-state index is 0. The molecule has 4 N–H and O–H groups in total. The van der Waals surface area contributed by atoms with E-state index in [9.17, 15) is 0 Å². The highest BCUT2D eigenvalue weighted by Gasteiger charge is 1.57. The predicted octanol–water partition coefficient (Wildman–Crippen LogP) is 0.0300. The Balaban J connectivity index is -0.0000000720. The Bertz CT molecular complexity index is 70.2. The molecular formula is CH7N3O5. The third kappa shape index (κ3) is 65.8. The number of rotatable bonds is 0. The maximum absolute atomic E-state index is 8.81. The SMILES string of the molecule is C[N+](=O)[O-].O=[N+]([O-])[O-].[NH4+].